The molecule has 0 aromatic heterocycles. The van der Waals surface area contributed by atoms with Gasteiger partial charge < -0.3 is 15.4 Å². The van der Waals surface area contributed by atoms with Crippen LogP contribution in [0.4, 0.5) is 0 Å². The van der Waals surface area contributed by atoms with Crippen molar-refractivity contribution in [1.82, 2.24) is 9.21 Å². The van der Waals surface area contributed by atoms with Gasteiger partial charge in [-0.2, -0.15) is 4.31 Å². The molecule has 1 atom stereocenters. The van der Waals surface area contributed by atoms with Gasteiger partial charge in [0.1, 0.15) is 0 Å². The van der Waals surface area contributed by atoms with Gasteiger partial charge in [0.2, 0.25) is 15.9 Å². The molecule has 1 amide bonds. The Hall–Kier alpha value is -0.410. The van der Waals surface area contributed by atoms with Gasteiger partial charge in [-0.1, -0.05) is 0 Å². The quantitative estimate of drug-likeness (QED) is 0.712. The van der Waals surface area contributed by atoms with Gasteiger partial charge in [-0.3, -0.25) is 4.79 Å². The minimum atomic E-state index is -3.31. The molecule has 1 aliphatic heterocycles. The second kappa shape index (κ2) is 8.89. The summed E-state index contributed by atoms with van der Waals surface area (Å²) in [5.74, 6) is -0.155. The van der Waals surface area contributed by atoms with Crippen LogP contribution in [0.3, 0.4) is 0 Å². The van der Waals surface area contributed by atoms with E-state index in [1.54, 1.807) is 11.8 Å². The number of nitrogens with zero attached hydrogens (tertiary/aromatic N) is 2. The lowest BCUT2D eigenvalue weighted by molar-refractivity contribution is -0.133. The minimum Gasteiger partial charge on any atom is -0.378 e. The van der Waals surface area contributed by atoms with E-state index < -0.39 is 16.1 Å². The zero-order chi connectivity index (χ0) is 15.3. The van der Waals surface area contributed by atoms with Crippen LogP contribution >= 0.6 is 12.4 Å². The third-order valence-corrected chi connectivity index (χ3v) is 4.96. The summed E-state index contributed by atoms with van der Waals surface area (Å²) in [6.45, 7) is 6.99. The SMILES string of the molecule is CC(C)OCCS(=O)(=O)N1CCN(C(=O)[C@@H](C)N)CC1.Cl. The highest BCUT2D eigenvalue weighted by atomic mass is 35.5. The molecule has 0 bridgehead atoms. The van der Waals surface area contributed by atoms with Gasteiger partial charge in [-0.05, 0) is 20.8 Å². The highest BCUT2D eigenvalue weighted by molar-refractivity contribution is 7.89. The Labute approximate surface area is 133 Å². The van der Waals surface area contributed by atoms with Crippen molar-refractivity contribution < 1.29 is 17.9 Å². The van der Waals surface area contributed by atoms with Crippen LogP contribution < -0.4 is 5.73 Å². The molecule has 1 aliphatic rings. The van der Waals surface area contributed by atoms with Crippen molar-refractivity contribution >= 4 is 28.3 Å². The van der Waals surface area contributed by atoms with Crippen molar-refractivity contribution in [3.05, 3.63) is 0 Å². The summed E-state index contributed by atoms with van der Waals surface area (Å²) in [4.78, 5) is 13.3. The molecule has 21 heavy (non-hydrogen) atoms. The molecule has 1 rings (SSSR count). The number of ether oxygens (including phenoxy) is 1. The summed E-state index contributed by atoms with van der Waals surface area (Å²) < 4.78 is 30.9. The lowest BCUT2D eigenvalue weighted by Gasteiger charge is -2.34. The normalized spacial score (nSPS) is 18.4. The lowest BCUT2D eigenvalue weighted by Crippen LogP contribution is -2.54. The van der Waals surface area contributed by atoms with E-state index in [0.717, 1.165) is 0 Å². The average Bonchev–Trinajstić information content (AvgIpc) is 2.37. The van der Waals surface area contributed by atoms with E-state index in [4.69, 9.17) is 10.5 Å². The minimum absolute atomic E-state index is 0. The third-order valence-electron chi connectivity index (χ3n) is 3.13. The summed E-state index contributed by atoms with van der Waals surface area (Å²) in [6, 6.07) is -0.544. The number of hydrogen-bond acceptors (Lipinski definition) is 5. The Bertz CT molecular complexity index is 420. The molecule has 126 valence electrons. The number of sulfonamides is 1. The largest absolute Gasteiger partial charge is 0.378 e. The first kappa shape index (κ1) is 20.6. The van der Waals surface area contributed by atoms with E-state index in [-0.39, 0.29) is 36.8 Å². The molecule has 2 N–H and O–H groups in total. The number of hydrogen-bond donors (Lipinski definition) is 1. The summed E-state index contributed by atoms with van der Waals surface area (Å²) >= 11 is 0. The molecule has 0 aromatic carbocycles. The Balaban J connectivity index is 0.00000400. The van der Waals surface area contributed by atoms with E-state index >= 15 is 0 Å². The second-order valence-electron chi connectivity index (χ2n) is 5.25. The van der Waals surface area contributed by atoms with Crippen LogP contribution in [0, 0.1) is 0 Å². The molecule has 0 saturated carbocycles. The maximum absolute atomic E-state index is 12.1. The maximum Gasteiger partial charge on any atom is 0.239 e. The van der Waals surface area contributed by atoms with Crippen molar-refractivity contribution in [2.45, 2.75) is 32.9 Å². The van der Waals surface area contributed by atoms with Crippen LogP contribution in [0.5, 0.6) is 0 Å². The number of nitrogens with two attached hydrogens (primary N) is 1. The number of halogens is 1. The summed E-state index contributed by atoms with van der Waals surface area (Å²) in [7, 11) is -3.31. The van der Waals surface area contributed by atoms with E-state index in [1.807, 2.05) is 13.8 Å². The summed E-state index contributed by atoms with van der Waals surface area (Å²) in [5.41, 5.74) is 5.54. The van der Waals surface area contributed by atoms with Crippen molar-refractivity contribution in [3.8, 4) is 0 Å². The van der Waals surface area contributed by atoms with Crippen molar-refractivity contribution in [2.75, 3.05) is 38.5 Å². The van der Waals surface area contributed by atoms with Crippen molar-refractivity contribution in [3.63, 3.8) is 0 Å². The van der Waals surface area contributed by atoms with Gasteiger partial charge in [-0.25, -0.2) is 8.42 Å². The van der Waals surface area contributed by atoms with Gasteiger partial charge in [0.15, 0.2) is 0 Å². The van der Waals surface area contributed by atoms with Crippen LogP contribution in [0.2, 0.25) is 0 Å². The number of carbonyl (C=O) groups excluding carboxylic acids is 1. The van der Waals surface area contributed by atoms with E-state index in [9.17, 15) is 13.2 Å². The molecule has 0 aromatic rings. The van der Waals surface area contributed by atoms with Crippen molar-refractivity contribution in [1.29, 1.82) is 0 Å². The third kappa shape index (κ3) is 6.48. The zero-order valence-electron chi connectivity index (χ0n) is 12.8. The number of rotatable bonds is 6. The predicted octanol–water partition coefficient (Wildman–Crippen LogP) is -0.346. The number of carbonyl (C=O) groups is 1. The Kier molecular flexibility index (Phi) is 8.72. The second-order valence-corrected chi connectivity index (χ2v) is 7.34. The number of piperazine rings is 1. The molecule has 1 heterocycles. The monoisotopic (exact) mass is 343 g/mol. The summed E-state index contributed by atoms with van der Waals surface area (Å²) in [6.07, 6.45) is 0.0192. The summed E-state index contributed by atoms with van der Waals surface area (Å²) in [5, 5.41) is 0. The molecule has 1 fully saturated rings. The smallest absolute Gasteiger partial charge is 0.239 e. The van der Waals surface area contributed by atoms with Crippen LogP contribution in [-0.4, -0.2) is 74.2 Å². The van der Waals surface area contributed by atoms with Gasteiger partial charge in [0.05, 0.1) is 24.5 Å². The van der Waals surface area contributed by atoms with Crippen LogP contribution in [0.15, 0.2) is 0 Å². The maximum atomic E-state index is 12.1. The zero-order valence-corrected chi connectivity index (χ0v) is 14.5. The fraction of sp³-hybridized carbons (Fsp3) is 0.917. The standard InChI is InChI=1S/C12H25N3O4S.ClH/c1-10(2)19-8-9-20(17,18)15-6-4-14(5-7-15)12(16)11(3)13;/h10-11H,4-9,13H2,1-3H3;1H/t11-;/m1./s1. The fourth-order valence-electron chi connectivity index (χ4n) is 1.99. The van der Waals surface area contributed by atoms with Crippen LogP contribution in [0.25, 0.3) is 0 Å². The molecule has 0 radical (unpaired) electrons. The van der Waals surface area contributed by atoms with Crippen LogP contribution in [-0.2, 0) is 19.6 Å². The fourth-order valence-corrected chi connectivity index (χ4v) is 3.28. The molecule has 7 nitrogen and oxygen atoms in total. The first-order chi connectivity index (χ1) is 9.24. The Morgan fingerprint density at radius 1 is 1.19 bits per heavy atom. The topological polar surface area (TPSA) is 92.9 Å². The van der Waals surface area contributed by atoms with Gasteiger partial charge >= 0.3 is 0 Å². The predicted molar refractivity (Wildman–Crippen MR) is 83.9 cm³/mol. The van der Waals surface area contributed by atoms with Crippen molar-refractivity contribution in [2.24, 2.45) is 5.73 Å². The first-order valence-corrected chi connectivity index (χ1v) is 8.48. The van der Waals surface area contributed by atoms with Gasteiger partial charge in [0, 0.05) is 26.2 Å². The van der Waals surface area contributed by atoms with E-state index in [2.05, 4.69) is 0 Å². The Morgan fingerprint density at radius 3 is 2.14 bits per heavy atom. The molecule has 0 unspecified atom stereocenters. The molecular formula is C12H26ClN3O4S. The molecule has 9 heteroatoms. The Morgan fingerprint density at radius 2 is 1.71 bits per heavy atom. The molecule has 1 saturated heterocycles. The van der Waals surface area contributed by atoms with Crippen LogP contribution in [0.1, 0.15) is 20.8 Å². The van der Waals surface area contributed by atoms with E-state index in [0.29, 0.717) is 26.2 Å². The number of amides is 1. The van der Waals surface area contributed by atoms with E-state index in [1.165, 1.54) is 4.31 Å². The lowest BCUT2D eigenvalue weighted by atomic mass is 10.2. The highest BCUT2D eigenvalue weighted by Gasteiger charge is 2.29. The average molecular weight is 344 g/mol. The highest BCUT2D eigenvalue weighted by Crippen LogP contribution is 2.09. The molecule has 0 aliphatic carbocycles. The van der Waals surface area contributed by atoms with Gasteiger partial charge in [0.25, 0.3) is 0 Å². The first-order valence-electron chi connectivity index (χ1n) is 6.88. The molecule has 0 spiro atoms. The van der Waals surface area contributed by atoms with Gasteiger partial charge in [-0.15, -0.1) is 12.4 Å². The molecular weight excluding hydrogens is 318 g/mol.